The summed E-state index contributed by atoms with van der Waals surface area (Å²) < 4.78 is 44.8. The van der Waals surface area contributed by atoms with Gasteiger partial charge in [-0.1, -0.05) is 0 Å². The van der Waals surface area contributed by atoms with Crippen molar-refractivity contribution in [3.05, 3.63) is 41.3 Å². The van der Waals surface area contributed by atoms with E-state index in [4.69, 9.17) is 10.5 Å². The van der Waals surface area contributed by atoms with Gasteiger partial charge in [0.25, 0.3) is 5.91 Å². The number of fused-ring (bicyclic) bond motifs is 2. The highest BCUT2D eigenvalue weighted by Gasteiger charge is 2.44. The quantitative estimate of drug-likeness (QED) is 0.564. The second-order valence-corrected chi connectivity index (χ2v) is 8.68. The predicted molar refractivity (Wildman–Crippen MR) is 113 cm³/mol. The largest absolute Gasteiger partial charge is 0.490 e. The third kappa shape index (κ3) is 3.62. The van der Waals surface area contributed by atoms with Crippen molar-refractivity contribution in [1.29, 1.82) is 0 Å². The number of halogens is 3. The average molecular weight is 474 g/mol. The molecule has 1 unspecified atom stereocenters. The third-order valence-corrected chi connectivity index (χ3v) is 6.44. The second kappa shape index (κ2) is 7.67. The molecule has 3 aromatic rings. The molecule has 178 valence electrons. The molecule has 1 aliphatic heterocycles. The minimum absolute atomic E-state index is 0.00688. The summed E-state index contributed by atoms with van der Waals surface area (Å²) in [7, 11) is 0. The summed E-state index contributed by atoms with van der Waals surface area (Å²) in [5.74, 6) is -2.03. The molecule has 0 bridgehead atoms. The Morgan fingerprint density at radius 1 is 1.24 bits per heavy atom. The number of nitrogens with zero attached hydrogens (tertiary/aromatic N) is 5. The zero-order valence-electron chi connectivity index (χ0n) is 18.3. The molecule has 1 aliphatic carbocycles. The van der Waals surface area contributed by atoms with Gasteiger partial charge in [0.1, 0.15) is 12.4 Å². The van der Waals surface area contributed by atoms with Crippen LogP contribution in [0.15, 0.2) is 24.7 Å². The number of rotatable bonds is 5. The van der Waals surface area contributed by atoms with Gasteiger partial charge in [-0.3, -0.25) is 4.79 Å². The van der Waals surface area contributed by atoms with Crippen LogP contribution in [0, 0.1) is 5.92 Å². The van der Waals surface area contributed by atoms with E-state index >= 15 is 0 Å². The maximum Gasteiger partial charge on any atom is 0.490 e. The van der Waals surface area contributed by atoms with Crippen molar-refractivity contribution < 1.29 is 27.5 Å². The van der Waals surface area contributed by atoms with Crippen LogP contribution < -0.4 is 5.73 Å². The maximum atomic E-state index is 13.3. The number of alkyl halides is 3. The first-order chi connectivity index (χ1) is 16.1. The van der Waals surface area contributed by atoms with Crippen LogP contribution >= 0.6 is 0 Å². The molecule has 1 aromatic carbocycles. The highest BCUT2D eigenvalue weighted by molar-refractivity contribution is 6.01. The lowest BCUT2D eigenvalue weighted by molar-refractivity contribution is -0.204. The third-order valence-electron chi connectivity index (χ3n) is 6.44. The highest BCUT2D eigenvalue weighted by Crippen LogP contribution is 2.41. The summed E-state index contributed by atoms with van der Waals surface area (Å²) in [6, 6.07) is 3.32. The van der Waals surface area contributed by atoms with Crippen LogP contribution in [-0.2, 0) is 16.1 Å². The first-order valence-electron chi connectivity index (χ1n) is 10.8. The molecule has 0 spiro atoms. The Morgan fingerprint density at radius 3 is 2.65 bits per heavy atom. The number of esters is 1. The van der Waals surface area contributed by atoms with E-state index in [2.05, 4.69) is 15.1 Å². The normalized spacial score (nSPS) is 17.7. The lowest BCUT2D eigenvalue weighted by Crippen LogP contribution is -2.35. The number of ether oxygens (including phenoxy) is 1. The topological polar surface area (TPSA) is 116 Å². The molecule has 1 fully saturated rings. The number of nitrogens with two attached hydrogens (primary N) is 1. The number of hydrogen-bond acceptors (Lipinski definition) is 7. The average Bonchev–Trinajstić information content (AvgIpc) is 3.45. The summed E-state index contributed by atoms with van der Waals surface area (Å²) in [5.41, 5.74) is 8.32. The zero-order valence-corrected chi connectivity index (χ0v) is 18.3. The van der Waals surface area contributed by atoms with Crippen molar-refractivity contribution >= 4 is 23.3 Å². The van der Waals surface area contributed by atoms with E-state index in [0.29, 0.717) is 34.9 Å². The SMILES string of the molecule is CC(OC(=O)C(F)(F)F)c1cc(-c2cnc3c(N)ncnn23)cc2c1C(=O)N([C@@H](C)C1CC1)C2. The second-order valence-electron chi connectivity index (χ2n) is 8.68. The molecular formula is C22H21F3N6O3. The van der Waals surface area contributed by atoms with Crippen LogP contribution in [0.25, 0.3) is 16.9 Å². The molecule has 2 atom stereocenters. The molecule has 9 nitrogen and oxygen atoms in total. The van der Waals surface area contributed by atoms with E-state index in [1.165, 1.54) is 30.0 Å². The summed E-state index contributed by atoms with van der Waals surface area (Å²) in [5, 5.41) is 4.17. The Balaban J connectivity index is 1.62. The first-order valence-corrected chi connectivity index (χ1v) is 10.8. The van der Waals surface area contributed by atoms with Crippen molar-refractivity contribution in [2.75, 3.05) is 5.73 Å². The molecule has 5 rings (SSSR count). The van der Waals surface area contributed by atoms with E-state index < -0.39 is 18.2 Å². The lowest BCUT2D eigenvalue weighted by Gasteiger charge is -2.24. The van der Waals surface area contributed by atoms with Crippen molar-refractivity contribution in [3.63, 3.8) is 0 Å². The first kappa shape index (κ1) is 22.1. The van der Waals surface area contributed by atoms with Crippen molar-refractivity contribution in [3.8, 4) is 11.3 Å². The molecule has 2 N–H and O–H groups in total. The number of amides is 1. The van der Waals surface area contributed by atoms with Crippen molar-refractivity contribution in [2.45, 2.75) is 51.6 Å². The van der Waals surface area contributed by atoms with Gasteiger partial charge in [-0.25, -0.2) is 19.3 Å². The van der Waals surface area contributed by atoms with E-state index in [1.807, 2.05) is 6.92 Å². The van der Waals surface area contributed by atoms with Crippen LogP contribution in [0.3, 0.4) is 0 Å². The predicted octanol–water partition coefficient (Wildman–Crippen LogP) is 3.29. The summed E-state index contributed by atoms with van der Waals surface area (Å²) >= 11 is 0. The molecule has 1 saturated carbocycles. The molecule has 0 saturated heterocycles. The molecular weight excluding hydrogens is 453 g/mol. The van der Waals surface area contributed by atoms with Gasteiger partial charge >= 0.3 is 12.1 Å². The lowest BCUT2D eigenvalue weighted by atomic mass is 9.95. The highest BCUT2D eigenvalue weighted by atomic mass is 19.4. The van der Waals surface area contributed by atoms with Gasteiger partial charge in [-0.05, 0) is 50.3 Å². The number of imidazole rings is 1. The Bertz CT molecular complexity index is 1320. The Kier molecular flexibility index (Phi) is 4.99. The fourth-order valence-electron chi connectivity index (χ4n) is 4.46. The Labute approximate surface area is 191 Å². The number of benzene rings is 1. The van der Waals surface area contributed by atoms with E-state index in [9.17, 15) is 22.8 Å². The van der Waals surface area contributed by atoms with E-state index in [0.717, 1.165) is 12.8 Å². The molecule has 34 heavy (non-hydrogen) atoms. The molecule has 12 heteroatoms. The summed E-state index contributed by atoms with van der Waals surface area (Å²) in [6.07, 6.45) is -1.63. The molecule has 2 aliphatic rings. The number of nitrogen functional groups attached to an aromatic ring is 1. The summed E-state index contributed by atoms with van der Waals surface area (Å²) in [6.45, 7) is 3.59. The molecule has 1 amide bonds. The smallest absolute Gasteiger partial charge is 0.451 e. The number of hydrogen-bond donors (Lipinski definition) is 1. The maximum absolute atomic E-state index is 13.3. The van der Waals surface area contributed by atoms with E-state index in [1.54, 1.807) is 11.0 Å². The van der Waals surface area contributed by atoms with Gasteiger partial charge in [0, 0.05) is 23.7 Å². The summed E-state index contributed by atoms with van der Waals surface area (Å²) in [4.78, 5) is 34.7. The van der Waals surface area contributed by atoms with Gasteiger partial charge < -0.3 is 15.4 Å². The Hall–Kier alpha value is -3.70. The van der Waals surface area contributed by atoms with Gasteiger partial charge in [-0.2, -0.15) is 18.3 Å². The zero-order chi connectivity index (χ0) is 24.4. The van der Waals surface area contributed by atoms with Gasteiger partial charge in [-0.15, -0.1) is 0 Å². The van der Waals surface area contributed by atoms with Crippen LogP contribution in [0.1, 0.15) is 54.3 Å². The molecule has 2 aromatic heterocycles. The number of aromatic nitrogens is 4. The van der Waals surface area contributed by atoms with E-state index in [-0.39, 0.29) is 28.9 Å². The minimum atomic E-state index is -5.15. The fraction of sp³-hybridized carbons (Fsp3) is 0.409. The van der Waals surface area contributed by atoms with Gasteiger partial charge in [0.15, 0.2) is 11.5 Å². The standard InChI is InChI=1S/C22H21F3N6O3/c1-10(12-3-4-12)30-8-14-5-13(16-7-27-19-18(26)28-9-29-31(16)19)6-15(17(14)20(30)32)11(2)34-21(33)22(23,24)25/h5-7,9-12H,3-4,8H2,1-2H3,(H2,26,28,29)/t10-,11?/m0/s1. The minimum Gasteiger partial charge on any atom is -0.451 e. The van der Waals surface area contributed by atoms with Crippen LogP contribution in [0.4, 0.5) is 19.0 Å². The number of carbonyl (C=O) groups excluding carboxylic acids is 2. The number of carbonyl (C=O) groups is 2. The van der Waals surface area contributed by atoms with Crippen molar-refractivity contribution in [2.24, 2.45) is 5.92 Å². The molecule has 0 radical (unpaired) electrons. The number of anilines is 1. The van der Waals surface area contributed by atoms with Crippen LogP contribution in [-0.4, -0.2) is 48.6 Å². The molecule has 3 heterocycles. The fourth-order valence-corrected chi connectivity index (χ4v) is 4.46. The van der Waals surface area contributed by atoms with Crippen LogP contribution in [0.2, 0.25) is 0 Å². The monoisotopic (exact) mass is 474 g/mol. The van der Waals surface area contributed by atoms with Gasteiger partial charge in [0.2, 0.25) is 0 Å². The van der Waals surface area contributed by atoms with Crippen molar-refractivity contribution in [1.82, 2.24) is 24.5 Å². The van der Waals surface area contributed by atoms with Gasteiger partial charge in [0.05, 0.1) is 17.5 Å². The Morgan fingerprint density at radius 2 is 1.97 bits per heavy atom. The van der Waals surface area contributed by atoms with Crippen LogP contribution in [0.5, 0.6) is 0 Å².